The van der Waals surface area contributed by atoms with Gasteiger partial charge < -0.3 is 4.74 Å². The van der Waals surface area contributed by atoms with Gasteiger partial charge in [0, 0.05) is 6.42 Å². The fourth-order valence-corrected chi connectivity index (χ4v) is 1.52. The number of rotatable bonds is 1. The molecule has 0 aromatic heterocycles. The van der Waals surface area contributed by atoms with Crippen molar-refractivity contribution in [3.63, 3.8) is 0 Å². The summed E-state index contributed by atoms with van der Waals surface area (Å²) in [6.07, 6.45) is 2.06. The number of ether oxygens (including phenoxy) is 1. The predicted octanol–water partition coefficient (Wildman–Crippen LogP) is 2.41. The van der Waals surface area contributed by atoms with Crippen LogP contribution in [0.25, 0.3) is 5.57 Å². The molecule has 0 radical (unpaired) electrons. The van der Waals surface area contributed by atoms with Crippen molar-refractivity contribution in [3.05, 3.63) is 42.2 Å². The Hall–Kier alpha value is -1.57. The highest BCUT2D eigenvalue weighted by Gasteiger charge is 2.20. The van der Waals surface area contributed by atoms with Gasteiger partial charge in [-0.15, -0.1) is 0 Å². The van der Waals surface area contributed by atoms with Gasteiger partial charge in [-0.2, -0.15) is 0 Å². The van der Waals surface area contributed by atoms with Crippen molar-refractivity contribution < 1.29 is 9.53 Å². The molecule has 1 unspecified atom stereocenters. The van der Waals surface area contributed by atoms with Crippen LogP contribution in [0, 0.1) is 0 Å². The second-order valence-corrected chi connectivity index (χ2v) is 3.47. The maximum atomic E-state index is 11.7. The van der Waals surface area contributed by atoms with E-state index in [1.165, 1.54) is 0 Å². The molecule has 0 N–H and O–H groups in total. The molecule has 14 heavy (non-hydrogen) atoms. The van der Waals surface area contributed by atoms with Crippen LogP contribution in [-0.4, -0.2) is 11.9 Å². The number of carbonyl (C=O) groups is 1. The minimum atomic E-state index is 0.00922. The Morgan fingerprint density at radius 1 is 1.29 bits per heavy atom. The molecular formula is C12H12O2. The standard InChI is InChI=1S/C12H12O2/c1-9-7-12(13)11(8-14-9)10-5-3-2-4-6-10/h2-6,8-9H,7H2,1H3. The van der Waals surface area contributed by atoms with E-state index in [1.54, 1.807) is 6.26 Å². The monoisotopic (exact) mass is 188 g/mol. The molecule has 72 valence electrons. The van der Waals surface area contributed by atoms with Gasteiger partial charge >= 0.3 is 0 Å². The average Bonchev–Trinajstić information content (AvgIpc) is 2.19. The lowest BCUT2D eigenvalue weighted by Gasteiger charge is -2.18. The second kappa shape index (κ2) is 3.66. The molecule has 0 aliphatic carbocycles. The molecule has 0 saturated carbocycles. The summed E-state index contributed by atoms with van der Waals surface area (Å²) >= 11 is 0. The van der Waals surface area contributed by atoms with Crippen LogP contribution >= 0.6 is 0 Å². The van der Waals surface area contributed by atoms with E-state index in [2.05, 4.69) is 0 Å². The van der Waals surface area contributed by atoms with E-state index in [4.69, 9.17) is 4.74 Å². The number of hydrogen-bond donors (Lipinski definition) is 0. The Morgan fingerprint density at radius 2 is 2.00 bits per heavy atom. The van der Waals surface area contributed by atoms with Gasteiger partial charge in [0.1, 0.15) is 6.10 Å². The molecule has 1 aromatic carbocycles. The van der Waals surface area contributed by atoms with Gasteiger partial charge in [0.15, 0.2) is 5.78 Å². The van der Waals surface area contributed by atoms with Crippen LogP contribution < -0.4 is 0 Å². The van der Waals surface area contributed by atoms with Gasteiger partial charge in [0.25, 0.3) is 0 Å². The number of benzene rings is 1. The normalized spacial score (nSPS) is 21.4. The summed E-state index contributed by atoms with van der Waals surface area (Å²) in [7, 11) is 0. The lowest BCUT2D eigenvalue weighted by atomic mass is 9.98. The largest absolute Gasteiger partial charge is 0.497 e. The van der Waals surface area contributed by atoms with E-state index >= 15 is 0 Å². The van der Waals surface area contributed by atoms with E-state index in [0.29, 0.717) is 12.0 Å². The number of ketones is 1. The molecule has 0 saturated heterocycles. The van der Waals surface area contributed by atoms with E-state index in [1.807, 2.05) is 37.3 Å². The zero-order valence-corrected chi connectivity index (χ0v) is 8.07. The summed E-state index contributed by atoms with van der Waals surface area (Å²) in [5.41, 5.74) is 1.62. The molecule has 0 amide bonds. The van der Waals surface area contributed by atoms with Crippen LogP contribution in [-0.2, 0) is 9.53 Å². The summed E-state index contributed by atoms with van der Waals surface area (Å²) in [5.74, 6) is 0.162. The minimum Gasteiger partial charge on any atom is -0.497 e. The first-order chi connectivity index (χ1) is 6.77. The fourth-order valence-electron chi connectivity index (χ4n) is 1.52. The molecule has 1 aliphatic heterocycles. The van der Waals surface area contributed by atoms with E-state index in [9.17, 15) is 4.79 Å². The third kappa shape index (κ3) is 1.69. The topological polar surface area (TPSA) is 26.3 Å². The molecule has 1 atom stereocenters. The van der Waals surface area contributed by atoms with Crippen LogP contribution in [0.4, 0.5) is 0 Å². The zero-order chi connectivity index (χ0) is 9.97. The van der Waals surface area contributed by atoms with Crippen molar-refractivity contribution in [1.82, 2.24) is 0 Å². The van der Waals surface area contributed by atoms with Gasteiger partial charge in [-0.25, -0.2) is 0 Å². The van der Waals surface area contributed by atoms with Gasteiger partial charge in [0.2, 0.25) is 0 Å². The van der Waals surface area contributed by atoms with E-state index in [-0.39, 0.29) is 11.9 Å². The van der Waals surface area contributed by atoms with Crippen molar-refractivity contribution in [3.8, 4) is 0 Å². The number of allylic oxidation sites excluding steroid dienone is 1. The molecule has 2 heteroatoms. The van der Waals surface area contributed by atoms with Gasteiger partial charge in [-0.1, -0.05) is 30.3 Å². The Bertz CT molecular complexity index is 365. The van der Waals surface area contributed by atoms with E-state index in [0.717, 1.165) is 5.56 Å². The minimum absolute atomic E-state index is 0.00922. The molecule has 0 fully saturated rings. The van der Waals surface area contributed by atoms with E-state index < -0.39 is 0 Å². The summed E-state index contributed by atoms with van der Waals surface area (Å²) < 4.78 is 5.33. The summed E-state index contributed by atoms with van der Waals surface area (Å²) in [5, 5.41) is 0. The first kappa shape index (κ1) is 9.00. The predicted molar refractivity (Wildman–Crippen MR) is 54.6 cm³/mol. The number of hydrogen-bond acceptors (Lipinski definition) is 2. The third-order valence-corrected chi connectivity index (χ3v) is 2.28. The van der Waals surface area contributed by atoms with Crippen molar-refractivity contribution in [1.29, 1.82) is 0 Å². The zero-order valence-electron chi connectivity index (χ0n) is 8.07. The van der Waals surface area contributed by atoms with Gasteiger partial charge in [-0.05, 0) is 12.5 Å². The highest BCUT2D eigenvalue weighted by Crippen LogP contribution is 2.22. The molecule has 0 bridgehead atoms. The molecule has 2 rings (SSSR count). The maximum absolute atomic E-state index is 11.7. The van der Waals surface area contributed by atoms with Gasteiger partial charge in [-0.3, -0.25) is 4.79 Å². The smallest absolute Gasteiger partial charge is 0.170 e. The molecule has 0 spiro atoms. The summed E-state index contributed by atoms with van der Waals surface area (Å²) in [6, 6.07) is 9.61. The lowest BCUT2D eigenvalue weighted by Crippen LogP contribution is -2.18. The SMILES string of the molecule is CC1CC(=O)C(c2ccccc2)=CO1. The molecule has 1 heterocycles. The van der Waals surface area contributed by atoms with Crippen molar-refractivity contribution in [2.24, 2.45) is 0 Å². The lowest BCUT2D eigenvalue weighted by molar-refractivity contribution is -0.116. The van der Waals surface area contributed by atoms with Gasteiger partial charge in [0.05, 0.1) is 11.8 Å². The molecule has 1 aliphatic rings. The Labute approximate surface area is 83.2 Å². The Morgan fingerprint density at radius 3 is 2.64 bits per heavy atom. The second-order valence-electron chi connectivity index (χ2n) is 3.47. The molecule has 1 aromatic rings. The van der Waals surface area contributed by atoms with Crippen LogP contribution in [0.3, 0.4) is 0 Å². The first-order valence-electron chi connectivity index (χ1n) is 4.71. The van der Waals surface area contributed by atoms with Crippen LogP contribution in [0.1, 0.15) is 18.9 Å². The van der Waals surface area contributed by atoms with Crippen molar-refractivity contribution in [2.45, 2.75) is 19.4 Å². The highest BCUT2D eigenvalue weighted by atomic mass is 16.5. The maximum Gasteiger partial charge on any atom is 0.170 e. The molecule has 2 nitrogen and oxygen atoms in total. The summed E-state index contributed by atoms with van der Waals surface area (Å²) in [6.45, 7) is 1.90. The highest BCUT2D eigenvalue weighted by molar-refractivity contribution is 6.21. The first-order valence-corrected chi connectivity index (χ1v) is 4.71. The van der Waals surface area contributed by atoms with Crippen molar-refractivity contribution >= 4 is 11.4 Å². The number of Topliss-reactive ketones (excluding diaryl/α,β-unsaturated/α-hetero) is 1. The van der Waals surface area contributed by atoms with Crippen LogP contribution in [0.2, 0.25) is 0 Å². The quantitative estimate of drug-likeness (QED) is 0.676. The summed E-state index contributed by atoms with van der Waals surface area (Å²) in [4.78, 5) is 11.7. The van der Waals surface area contributed by atoms with Crippen LogP contribution in [0.15, 0.2) is 36.6 Å². The van der Waals surface area contributed by atoms with Crippen molar-refractivity contribution in [2.75, 3.05) is 0 Å². The average molecular weight is 188 g/mol. The Balaban J connectivity index is 2.32. The Kier molecular flexibility index (Phi) is 2.35. The number of carbonyl (C=O) groups excluding carboxylic acids is 1. The third-order valence-electron chi connectivity index (χ3n) is 2.28. The van der Waals surface area contributed by atoms with Crippen LogP contribution in [0.5, 0.6) is 0 Å². The fraction of sp³-hybridized carbons (Fsp3) is 0.250. The molecular weight excluding hydrogens is 176 g/mol.